The molecule has 1 aromatic carbocycles. The van der Waals surface area contributed by atoms with Gasteiger partial charge in [-0.1, -0.05) is 29.8 Å². The molecule has 5 heteroatoms. The number of hydrogen-bond donors (Lipinski definition) is 1. The summed E-state index contributed by atoms with van der Waals surface area (Å²) in [4.78, 5) is 15.6. The topological polar surface area (TPSA) is 50.2 Å². The van der Waals surface area contributed by atoms with Crippen molar-refractivity contribution in [1.82, 2.24) is 4.98 Å². The lowest BCUT2D eigenvalue weighted by Crippen LogP contribution is -1.98. The van der Waals surface area contributed by atoms with E-state index in [1.165, 1.54) is 11.3 Å². The molecule has 92 valence electrons. The Morgan fingerprint density at radius 1 is 1.44 bits per heavy atom. The summed E-state index contributed by atoms with van der Waals surface area (Å²) < 4.78 is 0. The summed E-state index contributed by atoms with van der Waals surface area (Å²) in [5.41, 5.74) is 1.07. The fourth-order valence-electron chi connectivity index (χ4n) is 1.46. The maximum atomic E-state index is 10.9. The van der Waals surface area contributed by atoms with E-state index in [2.05, 4.69) is 4.98 Å². The number of nitrogens with zero attached hydrogens (tertiary/aromatic N) is 1. The van der Waals surface area contributed by atoms with Crippen molar-refractivity contribution in [1.29, 1.82) is 0 Å². The van der Waals surface area contributed by atoms with Gasteiger partial charge in [0, 0.05) is 9.90 Å². The van der Waals surface area contributed by atoms with Crippen molar-refractivity contribution in [2.45, 2.75) is 6.92 Å². The number of thiazole rings is 1. The molecule has 1 heterocycles. The van der Waals surface area contributed by atoms with Crippen LogP contribution in [0.25, 0.3) is 12.2 Å². The number of aromatic nitrogens is 1. The zero-order valence-corrected chi connectivity index (χ0v) is 11.1. The largest absolute Gasteiger partial charge is 0.476 e. The van der Waals surface area contributed by atoms with Crippen LogP contribution in [0.3, 0.4) is 0 Å². The molecule has 0 aliphatic heterocycles. The number of rotatable bonds is 3. The number of benzene rings is 1. The number of carboxylic acid groups (broad SMARTS) is 1. The van der Waals surface area contributed by atoms with Crippen LogP contribution in [0.4, 0.5) is 0 Å². The van der Waals surface area contributed by atoms with Crippen LogP contribution in [0.1, 0.15) is 25.9 Å². The normalized spacial score (nSPS) is 11.0. The molecule has 2 aromatic rings. The first kappa shape index (κ1) is 12.8. The van der Waals surface area contributed by atoms with Crippen molar-refractivity contribution in [2.75, 3.05) is 0 Å². The highest BCUT2D eigenvalue weighted by Crippen LogP contribution is 2.20. The quantitative estimate of drug-likeness (QED) is 0.925. The summed E-state index contributed by atoms with van der Waals surface area (Å²) in [6.45, 7) is 1.75. The molecule has 18 heavy (non-hydrogen) atoms. The van der Waals surface area contributed by atoms with Gasteiger partial charge < -0.3 is 5.11 Å². The molecular formula is C13H10ClNO2S. The molecule has 2 rings (SSSR count). The standard InChI is InChI=1S/C13H10ClNO2S/c1-8-12(13(16)17)15-11(18-8)6-5-9-3-2-4-10(14)7-9/h2-7H,1H3,(H,16,17). The van der Waals surface area contributed by atoms with Gasteiger partial charge in [-0.05, 0) is 30.7 Å². The fourth-order valence-corrected chi connectivity index (χ4v) is 2.48. The van der Waals surface area contributed by atoms with Crippen molar-refractivity contribution in [3.63, 3.8) is 0 Å². The van der Waals surface area contributed by atoms with Crippen molar-refractivity contribution in [2.24, 2.45) is 0 Å². The van der Waals surface area contributed by atoms with Crippen molar-refractivity contribution >= 4 is 41.1 Å². The number of aryl methyl sites for hydroxylation is 1. The molecule has 0 saturated carbocycles. The van der Waals surface area contributed by atoms with Crippen molar-refractivity contribution < 1.29 is 9.90 Å². The average Bonchev–Trinajstić information content (AvgIpc) is 2.68. The lowest BCUT2D eigenvalue weighted by atomic mass is 10.2. The summed E-state index contributed by atoms with van der Waals surface area (Å²) in [7, 11) is 0. The third-order valence-corrected chi connectivity index (χ3v) is 3.45. The van der Waals surface area contributed by atoms with Crippen LogP contribution in [0, 0.1) is 6.92 Å². The molecule has 3 nitrogen and oxygen atoms in total. The molecule has 1 N–H and O–H groups in total. The highest BCUT2D eigenvalue weighted by molar-refractivity contribution is 7.12. The van der Waals surface area contributed by atoms with Gasteiger partial charge in [-0.25, -0.2) is 9.78 Å². The minimum Gasteiger partial charge on any atom is -0.476 e. The molecule has 0 unspecified atom stereocenters. The SMILES string of the molecule is Cc1sc(C=Cc2cccc(Cl)c2)nc1C(=O)O. The monoisotopic (exact) mass is 279 g/mol. The number of carbonyl (C=O) groups is 1. The Morgan fingerprint density at radius 2 is 2.22 bits per heavy atom. The average molecular weight is 280 g/mol. The molecule has 0 saturated heterocycles. The first-order chi connectivity index (χ1) is 8.56. The van der Waals surface area contributed by atoms with E-state index in [1.807, 2.05) is 24.3 Å². The van der Waals surface area contributed by atoms with E-state index in [1.54, 1.807) is 19.1 Å². The van der Waals surface area contributed by atoms with Crippen LogP contribution < -0.4 is 0 Å². The highest BCUT2D eigenvalue weighted by Gasteiger charge is 2.12. The van der Waals surface area contributed by atoms with E-state index in [9.17, 15) is 4.79 Å². The minimum atomic E-state index is -0.994. The summed E-state index contributed by atoms with van der Waals surface area (Å²) in [6.07, 6.45) is 3.64. The van der Waals surface area contributed by atoms with Crippen LogP contribution in [0.2, 0.25) is 5.02 Å². The first-order valence-corrected chi connectivity index (χ1v) is 6.40. The Morgan fingerprint density at radius 3 is 2.83 bits per heavy atom. The molecule has 0 amide bonds. The van der Waals surface area contributed by atoms with Gasteiger partial charge in [0.2, 0.25) is 0 Å². The number of hydrogen-bond acceptors (Lipinski definition) is 3. The van der Waals surface area contributed by atoms with Gasteiger partial charge in [0.05, 0.1) is 0 Å². The van der Waals surface area contributed by atoms with Gasteiger partial charge in [-0.3, -0.25) is 0 Å². The number of carboxylic acids is 1. The lowest BCUT2D eigenvalue weighted by Gasteiger charge is -1.92. The Balaban J connectivity index is 2.24. The van der Waals surface area contributed by atoms with E-state index in [0.29, 0.717) is 14.9 Å². The second kappa shape index (κ2) is 5.33. The van der Waals surface area contributed by atoms with E-state index in [4.69, 9.17) is 16.7 Å². The molecule has 0 aliphatic rings. The van der Waals surface area contributed by atoms with E-state index in [-0.39, 0.29) is 5.69 Å². The van der Waals surface area contributed by atoms with Crippen LogP contribution in [-0.2, 0) is 0 Å². The maximum absolute atomic E-state index is 10.9. The zero-order valence-electron chi connectivity index (χ0n) is 9.55. The van der Waals surface area contributed by atoms with Gasteiger partial charge in [-0.2, -0.15) is 0 Å². The molecule has 0 atom stereocenters. The number of halogens is 1. The van der Waals surface area contributed by atoms with E-state index >= 15 is 0 Å². The smallest absolute Gasteiger partial charge is 0.355 e. The summed E-state index contributed by atoms with van der Waals surface area (Å²) in [6, 6.07) is 7.41. The predicted octanol–water partition coefficient (Wildman–Crippen LogP) is 3.97. The second-order valence-electron chi connectivity index (χ2n) is 3.65. The van der Waals surface area contributed by atoms with E-state index in [0.717, 1.165) is 5.56 Å². The maximum Gasteiger partial charge on any atom is 0.355 e. The third-order valence-electron chi connectivity index (χ3n) is 2.28. The number of aromatic carboxylic acids is 1. The van der Waals surface area contributed by atoms with Gasteiger partial charge in [0.1, 0.15) is 5.01 Å². The molecular weight excluding hydrogens is 270 g/mol. The van der Waals surface area contributed by atoms with Crippen LogP contribution >= 0.6 is 22.9 Å². The van der Waals surface area contributed by atoms with Crippen LogP contribution in [-0.4, -0.2) is 16.1 Å². The van der Waals surface area contributed by atoms with Gasteiger partial charge in [0.25, 0.3) is 0 Å². The first-order valence-electron chi connectivity index (χ1n) is 5.20. The Kier molecular flexibility index (Phi) is 3.79. The lowest BCUT2D eigenvalue weighted by molar-refractivity contribution is 0.0690. The summed E-state index contributed by atoms with van der Waals surface area (Å²) >= 11 is 7.23. The molecule has 0 spiro atoms. The molecule has 0 radical (unpaired) electrons. The van der Waals surface area contributed by atoms with Crippen LogP contribution in [0.5, 0.6) is 0 Å². The van der Waals surface area contributed by atoms with Gasteiger partial charge in [0.15, 0.2) is 5.69 Å². The third kappa shape index (κ3) is 2.97. The zero-order chi connectivity index (χ0) is 13.1. The fraction of sp³-hybridized carbons (Fsp3) is 0.0769. The molecule has 0 aliphatic carbocycles. The van der Waals surface area contributed by atoms with Gasteiger partial charge in [-0.15, -0.1) is 11.3 Å². The second-order valence-corrected chi connectivity index (χ2v) is 5.32. The summed E-state index contributed by atoms with van der Waals surface area (Å²) in [5, 5.41) is 10.2. The molecule has 1 aromatic heterocycles. The Labute approximate surface area is 113 Å². The Hall–Kier alpha value is -1.65. The van der Waals surface area contributed by atoms with Crippen LogP contribution in [0.15, 0.2) is 24.3 Å². The molecule has 0 bridgehead atoms. The van der Waals surface area contributed by atoms with E-state index < -0.39 is 5.97 Å². The molecule has 0 fully saturated rings. The highest BCUT2D eigenvalue weighted by atomic mass is 35.5. The van der Waals surface area contributed by atoms with Crippen molar-refractivity contribution in [3.05, 3.63) is 50.4 Å². The summed E-state index contributed by atoms with van der Waals surface area (Å²) in [5.74, 6) is -0.994. The minimum absolute atomic E-state index is 0.116. The predicted molar refractivity (Wildman–Crippen MR) is 74.2 cm³/mol. The van der Waals surface area contributed by atoms with Crippen molar-refractivity contribution in [3.8, 4) is 0 Å². The van der Waals surface area contributed by atoms with Gasteiger partial charge >= 0.3 is 5.97 Å². The Bertz CT molecular complexity index is 619.